The number of nitrogens with zero attached hydrogens (tertiary/aromatic N) is 3. The fraction of sp³-hybridized carbons (Fsp3) is 0.143. The van der Waals surface area contributed by atoms with Gasteiger partial charge >= 0.3 is 0 Å². The van der Waals surface area contributed by atoms with Gasteiger partial charge in [0.25, 0.3) is 0 Å². The molecule has 0 spiro atoms. The first-order chi connectivity index (χ1) is 13.7. The van der Waals surface area contributed by atoms with Crippen molar-refractivity contribution in [2.45, 2.75) is 6.54 Å². The van der Waals surface area contributed by atoms with Crippen LogP contribution in [0.4, 0.5) is 5.95 Å². The van der Waals surface area contributed by atoms with Crippen molar-refractivity contribution >= 4 is 11.7 Å². The van der Waals surface area contributed by atoms with Gasteiger partial charge < -0.3 is 14.8 Å². The van der Waals surface area contributed by atoms with Crippen molar-refractivity contribution in [2.75, 3.05) is 18.5 Å². The standard InChI is InChI=1S/C21H16N4O3/c22-10-14-2-1-3-15(8-14)11-23-21-24-12-17(13-25-21)20(26)16-4-5-18-19(9-16)28-7-6-27-18/h1-5,8-9,12-13H,6-7,11H2,(H,23,24,25). The van der Waals surface area contributed by atoms with Crippen molar-refractivity contribution in [3.05, 3.63) is 77.1 Å². The summed E-state index contributed by atoms with van der Waals surface area (Å²) in [6.07, 6.45) is 2.97. The average Bonchev–Trinajstić information content (AvgIpc) is 2.77. The average molecular weight is 372 g/mol. The fourth-order valence-electron chi connectivity index (χ4n) is 2.82. The van der Waals surface area contributed by atoms with E-state index in [1.54, 1.807) is 30.3 Å². The maximum absolute atomic E-state index is 12.7. The van der Waals surface area contributed by atoms with E-state index in [4.69, 9.17) is 14.7 Å². The molecule has 0 saturated heterocycles. The van der Waals surface area contributed by atoms with Crippen molar-refractivity contribution in [1.29, 1.82) is 5.26 Å². The lowest BCUT2D eigenvalue weighted by molar-refractivity contribution is 0.103. The molecule has 1 aliphatic heterocycles. The van der Waals surface area contributed by atoms with Gasteiger partial charge in [0.05, 0.1) is 17.2 Å². The second kappa shape index (κ2) is 7.76. The number of nitrogens with one attached hydrogen (secondary N) is 1. The summed E-state index contributed by atoms with van der Waals surface area (Å²) in [4.78, 5) is 21.1. The van der Waals surface area contributed by atoms with Gasteiger partial charge in [0.2, 0.25) is 5.95 Å². The molecule has 0 unspecified atom stereocenters. The summed E-state index contributed by atoms with van der Waals surface area (Å²) in [7, 11) is 0. The number of carbonyl (C=O) groups is 1. The van der Waals surface area contributed by atoms with Gasteiger partial charge in [-0.1, -0.05) is 12.1 Å². The number of ether oxygens (including phenoxy) is 2. The van der Waals surface area contributed by atoms with Crippen LogP contribution in [0.2, 0.25) is 0 Å². The fourth-order valence-corrected chi connectivity index (χ4v) is 2.82. The molecule has 0 fully saturated rings. The maximum atomic E-state index is 12.7. The Hall–Kier alpha value is -3.92. The summed E-state index contributed by atoms with van der Waals surface area (Å²) >= 11 is 0. The third-order valence-electron chi connectivity index (χ3n) is 4.23. The molecule has 1 N–H and O–H groups in total. The summed E-state index contributed by atoms with van der Waals surface area (Å²) in [5.41, 5.74) is 2.41. The summed E-state index contributed by atoms with van der Waals surface area (Å²) < 4.78 is 11.0. The van der Waals surface area contributed by atoms with Crippen LogP contribution in [-0.4, -0.2) is 29.0 Å². The largest absolute Gasteiger partial charge is 0.486 e. The van der Waals surface area contributed by atoms with Crippen LogP contribution in [0.3, 0.4) is 0 Å². The molecule has 7 nitrogen and oxygen atoms in total. The molecule has 2 heterocycles. The monoisotopic (exact) mass is 372 g/mol. The number of benzene rings is 2. The predicted molar refractivity (Wildman–Crippen MR) is 101 cm³/mol. The lowest BCUT2D eigenvalue weighted by Crippen LogP contribution is -2.16. The SMILES string of the molecule is N#Cc1cccc(CNc2ncc(C(=O)c3ccc4c(c3)OCCO4)cn2)c1. The van der Waals surface area contributed by atoms with E-state index < -0.39 is 0 Å². The Kier molecular flexibility index (Phi) is 4.85. The highest BCUT2D eigenvalue weighted by Crippen LogP contribution is 2.31. The normalized spacial score (nSPS) is 12.1. The summed E-state index contributed by atoms with van der Waals surface area (Å²) in [5, 5.41) is 12.0. The molecule has 1 aliphatic rings. The quantitative estimate of drug-likeness (QED) is 0.688. The number of nitriles is 1. The molecule has 0 saturated carbocycles. The molecule has 1 aromatic heterocycles. The minimum absolute atomic E-state index is 0.190. The Balaban J connectivity index is 1.44. The smallest absolute Gasteiger partial charge is 0.222 e. The molecule has 138 valence electrons. The highest BCUT2D eigenvalue weighted by atomic mass is 16.6. The van der Waals surface area contributed by atoms with Crippen LogP contribution < -0.4 is 14.8 Å². The van der Waals surface area contributed by atoms with E-state index in [1.165, 1.54) is 12.4 Å². The highest BCUT2D eigenvalue weighted by molar-refractivity contribution is 6.09. The second-order valence-electron chi connectivity index (χ2n) is 6.15. The Morgan fingerprint density at radius 2 is 1.82 bits per heavy atom. The zero-order valence-electron chi connectivity index (χ0n) is 14.9. The summed E-state index contributed by atoms with van der Waals surface area (Å²) in [6.45, 7) is 1.44. The number of anilines is 1. The third-order valence-corrected chi connectivity index (χ3v) is 4.23. The molecular formula is C21H16N4O3. The van der Waals surface area contributed by atoms with Gasteiger partial charge in [-0.2, -0.15) is 5.26 Å². The Morgan fingerprint density at radius 3 is 2.61 bits per heavy atom. The van der Waals surface area contributed by atoms with Crippen molar-refractivity contribution in [1.82, 2.24) is 9.97 Å². The molecule has 0 amide bonds. The van der Waals surface area contributed by atoms with Crippen LogP contribution in [0.5, 0.6) is 11.5 Å². The molecule has 0 radical (unpaired) electrons. The van der Waals surface area contributed by atoms with Crippen LogP contribution in [0.1, 0.15) is 27.0 Å². The second-order valence-corrected chi connectivity index (χ2v) is 6.15. The maximum Gasteiger partial charge on any atom is 0.222 e. The number of fused-ring (bicyclic) bond motifs is 1. The van der Waals surface area contributed by atoms with Crippen molar-refractivity contribution in [3.63, 3.8) is 0 Å². The van der Waals surface area contributed by atoms with Crippen LogP contribution in [-0.2, 0) is 6.54 Å². The number of hydrogen-bond acceptors (Lipinski definition) is 7. The van der Waals surface area contributed by atoms with Crippen molar-refractivity contribution in [3.8, 4) is 17.6 Å². The van der Waals surface area contributed by atoms with Gasteiger partial charge in [0.15, 0.2) is 17.3 Å². The van der Waals surface area contributed by atoms with Gasteiger partial charge in [0, 0.05) is 24.5 Å². The Morgan fingerprint density at radius 1 is 1.04 bits per heavy atom. The van der Waals surface area contributed by atoms with E-state index in [-0.39, 0.29) is 5.78 Å². The molecule has 3 aromatic rings. The lowest BCUT2D eigenvalue weighted by Gasteiger charge is -2.18. The van der Waals surface area contributed by atoms with Crippen LogP contribution in [0, 0.1) is 11.3 Å². The van der Waals surface area contributed by atoms with Gasteiger partial charge in [-0.3, -0.25) is 4.79 Å². The summed E-state index contributed by atoms with van der Waals surface area (Å²) in [6, 6.07) is 14.5. The Labute approximate surface area is 161 Å². The number of carbonyl (C=O) groups excluding carboxylic acids is 1. The number of ketones is 1. The predicted octanol–water partition coefficient (Wildman–Crippen LogP) is 2.96. The first kappa shape index (κ1) is 17.5. The van der Waals surface area contributed by atoms with Gasteiger partial charge in [-0.15, -0.1) is 0 Å². The number of rotatable bonds is 5. The van der Waals surface area contributed by atoms with Crippen molar-refractivity contribution < 1.29 is 14.3 Å². The summed E-state index contributed by atoms with van der Waals surface area (Å²) in [5.74, 6) is 1.42. The topological polar surface area (TPSA) is 97.1 Å². The van der Waals surface area contributed by atoms with Crippen LogP contribution in [0.15, 0.2) is 54.9 Å². The van der Waals surface area contributed by atoms with Gasteiger partial charge in [-0.05, 0) is 35.9 Å². The molecule has 7 heteroatoms. The minimum Gasteiger partial charge on any atom is -0.486 e. The molecular weight excluding hydrogens is 356 g/mol. The first-order valence-corrected chi connectivity index (χ1v) is 8.72. The van der Waals surface area contributed by atoms with Crippen LogP contribution in [0.25, 0.3) is 0 Å². The molecule has 0 aliphatic carbocycles. The van der Waals surface area contributed by atoms with E-state index in [0.29, 0.717) is 53.9 Å². The number of hydrogen-bond donors (Lipinski definition) is 1. The Bertz CT molecular complexity index is 1060. The molecule has 4 rings (SSSR count). The zero-order valence-corrected chi connectivity index (χ0v) is 14.9. The minimum atomic E-state index is -0.190. The van der Waals surface area contributed by atoms with Crippen molar-refractivity contribution in [2.24, 2.45) is 0 Å². The van der Waals surface area contributed by atoms with Crippen LogP contribution >= 0.6 is 0 Å². The zero-order chi connectivity index (χ0) is 19.3. The van der Waals surface area contributed by atoms with E-state index >= 15 is 0 Å². The molecule has 2 aromatic carbocycles. The highest BCUT2D eigenvalue weighted by Gasteiger charge is 2.16. The van der Waals surface area contributed by atoms with E-state index in [0.717, 1.165) is 5.56 Å². The third kappa shape index (κ3) is 3.76. The number of aromatic nitrogens is 2. The van der Waals surface area contributed by atoms with E-state index in [2.05, 4.69) is 21.4 Å². The van der Waals surface area contributed by atoms with E-state index in [9.17, 15) is 4.79 Å². The molecule has 28 heavy (non-hydrogen) atoms. The van der Waals surface area contributed by atoms with Gasteiger partial charge in [0.1, 0.15) is 13.2 Å². The lowest BCUT2D eigenvalue weighted by atomic mass is 10.1. The van der Waals surface area contributed by atoms with E-state index in [1.807, 2.05) is 12.1 Å². The first-order valence-electron chi connectivity index (χ1n) is 8.72. The van der Waals surface area contributed by atoms with Gasteiger partial charge in [-0.25, -0.2) is 9.97 Å². The molecule has 0 atom stereocenters. The molecule has 0 bridgehead atoms.